The zero-order valence-corrected chi connectivity index (χ0v) is 14.9. The number of aliphatic hydroxyl groups is 1. The van der Waals surface area contributed by atoms with Crippen molar-refractivity contribution in [3.05, 3.63) is 47.3 Å². The number of para-hydroxylation sites is 1. The molecule has 6 heteroatoms. The minimum atomic E-state index is -0.208. The average molecular weight is 354 g/mol. The average Bonchev–Trinajstić information content (AvgIpc) is 3.26. The molecule has 0 bridgehead atoms. The smallest absolute Gasteiger partial charge is 0.315 e. The van der Waals surface area contributed by atoms with E-state index in [1.165, 1.54) is 11.3 Å². The van der Waals surface area contributed by atoms with Crippen molar-refractivity contribution in [2.24, 2.45) is 0 Å². The molecule has 1 aromatic carbocycles. The molecule has 138 valence electrons. The number of hydrogen-bond donors (Lipinski definition) is 3. The number of carbonyl (C=O) groups excluding carboxylic acids is 1. The Morgan fingerprint density at radius 2 is 1.92 bits per heavy atom. The van der Waals surface area contributed by atoms with E-state index in [0.717, 1.165) is 56.3 Å². The van der Waals surface area contributed by atoms with Gasteiger partial charge in [0, 0.05) is 11.7 Å². The van der Waals surface area contributed by atoms with E-state index in [1.807, 2.05) is 22.9 Å². The van der Waals surface area contributed by atoms with Crippen molar-refractivity contribution >= 4 is 6.03 Å². The van der Waals surface area contributed by atoms with Crippen LogP contribution in [0.25, 0.3) is 5.69 Å². The van der Waals surface area contributed by atoms with Gasteiger partial charge in [0.05, 0.1) is 24.0 Å². The molecule has 0 saturated heterocycles. The van der Waals surface area contributed by atoms with Crippen molar-refractivity contribution < 1.29 is 9.90 Å². The summed E-state index contributed by atoms with van der Waals surface area (Å²) < 4.78 is 2.03. The maximum absolute atomic E-state index is 12.2. The Morgan fingerprint density at radius 1 is 1.15 bits per heavy atom. The van der Waals surface area contributed by atoms with Crippen LogP contribution in [0.2, 0.25) is 0 Å². The summed E-state index contributed by atoms with van der Waals surface area (Å²) in [7, 11) is 0. The van der Waals surface area contributed by atoms with E-state index in [9.17, 15) is 9.90 Å². The topological polar surface area (TPSA) is 79.2 Å². The lowest BCUT2D eigenvalue weighted by Crippen LogP contribution is -2.44. The molecule has 2 amide bonds. The zero-order chi connectivity index (χ0) is 17.9. The molecule has 3 N–H and O–H groups in total. The molecule has 2 aliphatic rings. The quantitative estimate of drug-likeness (QED) is 0.789. The first kappa shape index (κ1) is 17.1. The number of nitrogens with one attached hydrogen (secondary N) is 2. The molecular formula is C20H26N4O2. The number of hydrogen-bond acceptors (Lipinski definition) is 3. The molecule has 1 aromatic heterocycles. The summed E-state index contributed by atoms with van der Waals surface area (Å²) in [5.74, 6) is 0. The van der Waals surface area contributed by atoms with E-state index in [0.29, 0.717) is 6.54 Å². The first-order valence-electron chi connectivity index (χ1n) is 9.58. The largest absolute Gasteiger partial charge is 0.393 e. The van der Waals surface area contributed by atoms with Crippen LogP contribution in [-0.2, 0) is 19.4 Å². The molecule has 0 spiro atoms. The number of rotatable bonds is 4. The highest BCUT2D eigenvalue weighted by Gasteiger charge is 2.24. The van der Waals surface area contributed by atoms with Gasteiger partial charge in [0.25, 0.3) is 0 Å². The lowest BCUT2D eigenvalue weighted by molar-refractivity contribution is 0.117. The van der Waals surface area contributed by atoms with Crippen LogP contribution >= 0.6 is 0 Å². The Balaban J connectivity index is 1.40. The number of aliphatic hydroxyl groups excluding tert-OH is 1. The normalized spacial score (nSPS) is 22.0. The van der Waals surface area contributed by atoms with Crippen LogP contribution in [0.1, 0.15) is 49.1 Å². The molecule has 2 aromatic rings. The second kappa shape index (κ2) is 7.50. The van der Waals surface area contributed by atoms with Crippen molar-refractivity contribution in [2.75, 3.05) is 0 Å². The predicted molar refractivity (Wildman–Crippen MR) is 99.2 cm³/mol. The van der Waals surface area contributed by atoms with Gasteiger partial charge in [0.15, 0.2) is 0 Å². The molecule has 26 heavy (non-hydrogen) atoms. The Bertz CT molecular complexity index is 764. The van der Waals surface area contributed by atoms with Gasteiger partial charge in [-0.3, -0.25) is 0 Å². The molecule has 0 aliphatic heterocycles. The lowest BCUT2D eigenvalue weighted by atomic mass is 9.93. The fourth-order valence-electron chi connectivity index (χ4n) is 4.06. The van der Waals surface area contributed by atoms with Gasteiger partial charge in [0.2, 0.25) is 0 Å². The SMILES string of the molecule is O=C(NCc1nn(-c2ccccc2)c2c1CCC2)NC1CCC(O)CC1. The van der Waals surface area contributed by atoms with Crippen molar-refractivity contribution in [3.63, 3.8) is 0 Å². The summed E-state index contributed by atoms with van der Waals surface area (Å²) in [6.45, 7) is 0.448. The number of benzene rings is 1. The first-order chi connectivity index (χ1) is 12.7. The third-order valence-corrected chi connectivity index (χ3v) is 5.46. The second-order valence-corrected chi connectivity index (χ2v) is 7.31. The van der Waals surface area contributed by atoms with Crippen molar-refractivity contribution in [1.82, 2.24) is 20.4 Å². The predicted octanol–water partition coefficient (Wildman–Crippen LogP) is 2.46. The van der Waals surface area contributed by atoms with E-state index in [4.69, 9.17) is 5.10 Å². The van der Waals surface area contributed by atoms with Crippen molar-refractivity contribution in [1.29, 1.82) is 0 Å². The highest BCUT2D eigenvalue weighted by Crippen LogP contribution is 2.27. The van der Waals surface area contributed by atoms with E-state index in [2.05, 4.69) is 22.8 Å². The molecular weight excluding hydrogens is 328 g/mol. The van der Waals surface area contributed by atoms with Crippen LogP contribution in [0, 0.1) is 0 Å². The first-order valence-corrected chi connectivity index (χ1v) is 9.58. The number of nitrogens with zero attached hydrogens (tertiary/aromatic N) is 2. The third-order valence-electron chi connectivity index (χ3n) is 5.46. The molecule has 1 saturated carbocycles. The van der Waals surface area contributed by atoms with E-state index >= 15 is 0 Å². The number of aromatic nitrogens is 2. The maximum Gasteiger partial charge on any atom is 0.315 e. The van der Waals surface area contributed by atoms with Crippen LogP contribution in [-0.4, -0.2) is 33.1 Å². The lowest BCUT2D eigenvalue weighted by Gasteiger charge is -2.26. The maximum atomic E-state index is 12.2. The number of urea groups is 1. The fraction of sp³-hybridized carbons (Fsp3) is 0.500. The van der Waals surface area contributed by atoms with Gasteiger partial charge in [-0.05, 0) is 62.6 Å². The minimum Gasteiger partial charge on any atom is -0.393 e. The molecule has 4 rings (SSSR count). The standard InChI is InChI=1S/C20H26N4O2/c25-16-11-9-14(10-12-16)22-20(26)21-13-18-17-7-4-8-19(17)24(23-18)15-5-2-1-3-6-15/h1-3,5-6,14,16,25H,4,7-13H2,(H2,21,22,26). The molecule has 6 nitrogen and oxygen atoms in total. The van der Waals surface area contributed by atoms with Gasteiger partial charge in [-0.15, -0.1) is 0 Å². The van der Waals surface area contributed by atoms with Crippen LogP contribution in [0.15, 0.2) is 30.3 Å². The highest BCUT2D eigenvalue weighted by molar-refractivity contribution is 5.74. The van der Waals surface area contributed by atoms with Gasteiger partial charge in [0.1, 0.15) is 0 Å². The molecule has 1 fully saturated rings. The van der Waals surface area contributed by atoms with Gasteiger partial charge in [-0.2, -0.15) is 5.10 Å². The van der Waals surface area contributed by atoms with Crippen molar-refractivity contribution in [3.8, 4) is 5.69 Å². The fourth-order valence-corrected chi connectivity index (χ4v) is 4.06. The summed E-state index contributed by atoms with van der Waals surface area (Å²) >= 11 is 0. The Labute approximate surface area is 153 Å². The van der Waals surface area contributed by atoms with Crippen LogP contribution in [0.5, 0.6) is 0 Å². The summed E-state index contributed by atoms with van der Waals surface area (Å²) in [4.78, 5) is 12.2. The number of fused-ring (bicyclic) bond motifs is 1. The molecule has 2 aliphatic carbocycles. The molecule has 0 unspecified atom stereocenters. The van der Waals surface area contributed by atoms with Crippen LogP contribution < -0.4 is 10.6 Å². The second-order valence-electron chi connectivity index (χ2n) is 7.31. The number of carbonyl (C=O) groups is 1. The van der Waals surface area contributed by atoms with Gasteiger partial charge in [-0.1, -0.05) is 18.2 Å². The van der Waals surface area contributed by atoms with E-state index < -0.39 is 0 Å². The molecule has 0 radical (unpaired) electrons. The summed E-state index contributed by atoms with van der Waals surface area (Å²) in [5.41, 5.74) is 4.60. The highest BCUT2D eigenvalue weighted by atomic mass is 16.3. The summed E-state index contributed by atoms with van der Waals surface area (Å²) in [5, 5.41) is 20.3. The zero-order valence-electron chi connectivity index (χ0n) is 14.9. The van der Waals surface area contributed by atoms with Gasteiger partial charge < -0.3 is 15.7 Å². The number of amides is 2. The monoisotopic (exact) mass is 354 g/mol. The van der Waals surface area contributed by atoms with E-state index in [-0.39, 0.29) is 18.2 Å². The Hall–Kier alpha value is -2.34. The van der Waals surface area contributed by atoms with E-state index in [1.54, 1.807) is 0 Å². The Morgan fingerprint density at radius 3 is 2.69 bits per heavy atom. The van der Waals surface area contributed by atoms with Crippen LogP contribution in [0.3, 0.4) is 0 Å². The third kappa shape index (κ3) is 3.60. The minimum absolute atomic E-state index is 0.146. The van der Waals surface area contributed by atoms with Gasteiger partial charge in [-0.25, -0.2) is 9.48 Å². The summed E-state index contributed by atoms with van der Waals surface area (Å²) in [6, 6.07) is 10.2. The summed E-state index contributed by atoms with van der Waals surface area (Å²) in [6.07, 6.45) is 6.21. The molecule has 1 heterocycles. The van der Waals surface area contributed by atoms with Crippen LogP contribution in [0.4, 0.5) is 4.79 Å². The van der Waals surface area contributed by atoms with Crippen molar-refractivity contribution in [2.45, 2.75) is 63.6 Å². The Kier molecular flexibility index (Phi) is 4.93. The van der Waals surface area contributed by atoms with Gasteiger partial charge >= 0.3 is 6.03 Å². The molecule has 0 atom stereocenters.